The van der Waals surface area contributed by atoms with Crippen molar-refractivity contribution in [3.63, 3.8) is 0 Å². The van der Waals surface area contributed by atoms with Crippen LogP contribution in [0, 0.1) is 0 Å². The molecule has 3 aromatic rings. The number of rotatable bonds is 4. The van der Waals surface area contributed by atoms with Crippen molar-refractivity contribution in [3.8, 4) is 11.5 Å². The molecule has 36 heavy (non-hydrogen) atoms. The molecule has 2 aliphatic rings. The van der Waals surface area contributed by atoms with Crippen LogP contribution in [0.5, 0.6) is 11.5 Å². The number of hydrogen-bond donors (Lipinski definition) is 3. The molecule has 1 fully saturated rings. The summed E-state index contributed by atoms with van der Waals surface area (Å²) in [4.78, 5) is 31.5. The van der Waals surface area contributed by atoms with Gasteiger partial charge in [0.05, 0.1) is 16.3 Å². The van der Waals surface area contributed by atoms with E-state index in [4.69, 9.17) is 5.73 Å². The van der Waals surface area contributed by atoms with Gasteiger partial charge in [0.2, 0.25) is 5.91 Å². The van der Waals surface area contributed by atoms with Crippen LogP contribution in [0.25, 0.3) is 10.2 Å². The van der Waals surface area contributed by atoms with Gasteiger partial charge in [0.25, 0.3) is 11.5 Å². The van der Waals surface area contributed by atoms with Gasteiger partial charge in [-0.1, -0.05) is 17.4 Å². The van der Waals surface area contributed by atoms with Gasteiger partial charge in [0, 0.05) is 56.4 Å². The molecule has 0 radical (unpaired) electrons. The Kier molecular flexibility index (Phi) is 7.20. The van der Waals surface area contributed by atoms with Gasteiger partial charge in [-0.15, -0.1) is 8.78 Å². The molecule has 0 spiro atoms. The number of aromatic amines is 1. The number of nitrogens with zero attached hydrogens (tertiary/aromatic N) is 2. The molecule has 0 saturated carbocycles. The molecule has 14 heteroatoms. The minimum Gasteiger partial charge on any atom is -0.395 e. The van der Waals surface area contributed by atoms with Crippen LogP contribution < -0.4 is 26.1 Å². The van der Waals surface area contributed by atoms with E-state index in [2.05, 4.69) is 24.8 Å². The molecule has 0 bridgehead atoms. The first kappa shape index (κ1) is 25.9. The molecule has 1 saturated heterocycles. The van der Waals surface area contributed by atoms with E-state index in [1.165, 1.54) is 12.1 Å². The number of anilines is 1. The number of carbonyl (C=O) groups is 1. The number of thiazole rings is 1. The molecule has 2 aromatic heterocycles. The predicted octanol–water partition coefficient (Wildman–Crippen LogP) is 3.51. The number of nitrogens with two attached hydrogens (primary N) is 1. The van der Waals surface area contributed by atoms with Gasteiger partial charge >= 0.3 is 6.29 Å². The third-order valence-corrected chi connectivity index (χ3v) is 6.65. The lowest BCUT2D eigenvalue weighted by Crippen LogP contribution is -2.48. The summed E-state index contributed by atoms with van der Waals surface area (Å²) in [6.07, 6.45) is -2.67. The van der Waals surface area contributed by atoms with Gasteiger partial charge in [-0.3, -0.25) is 14.5 Å². The van der Waals surface area contributed by atoms with Gasteiger partial charge in [-0.25, -0.2) is 13.8 Å². The number of benzene rings is 1. The Morgan fingerprint density at radius 2 is 1.92 bits per heavy atom. The van der Waals surface area contributed by atoms with Gasteiger partial charge < -0.3 is 25.5 Å². The molecule has 4 N–H and O–H groups in total. The van der Waals surface area contributed by atoms with Crippen LogP contribution in [0.1, 0.15) is 25.3 Å². The number of likely N-dealkylation sites (tertiary alicyclic amines) is 1. The van der Waals surface area contributed by atoms with Gasteiger partial charge in [0.1, 0.15) is 0 Å². The zero-order chi connectivity index (χ0) is 26.1. The zero-order valence-corrected chi connectivity index (χ0v) is 19.8. The molecule has 1 unspecified atom stereocenters. The average Bonchev–Trinajstić information content (AvgIpc) is 3.34. The van der Waals surface area contributed by atoms with E-state index in [9.17, 15) is 27.2 Å². The number of alkyl halides is 4. The van der Waals surface area contributed by atoms with Gasteiger partial charge in [0.15, 0.2) is 16.6 Å². The van der Waals surface area contributed by atoms with Crippen LogP contribution in [0.15, 0.2) is 35.3 Å². The first-order chi connectivity index (χ1) is 17.0. The van der Waals surface area contributed by atoms with Crippen molar-refractivity contribution in [2.45, 2.75) is 44.6 Å². The summed E-state index contributed by atoms with van der Waals surface area (Å²) in [5, 5.41) is 2.93. The standard InChI is InChI=1S/C16H15F4N3O3S.C6H8N2O/c1-8(23-4-2-15(17,18)3-5-23)13(24)22-14-21-9-6-10-11(7-12(9)27-14)26-16(19,20)25-10;7-4-5-2-1-3-8-6(5)9/h6-8H,2-5H2,1H3,(H,21,22,24);1-3H,4,7H2,(H,8,9). The predicted molar refractivity (Wildman–Crippen MR) is 125 cm³/mol. The largest absolute Gasteiger partial charge is 0.586 e. The molecule has 4 heterocycles. The number of pyridine rings is 1. The van der Waals surface area contributed by atoms with Crippen molar-refractivity contribution in [3.05, 3.63) is 46.4 Å². The fourth-order valence-corrected chi connectivity index (χ4v) is 4.54. The molecule has 9 nitrogen and oxygen atoms in total. The highest BCUT2D eigenvalue weighted by molar-refractivity contribution is 7.22. The van der Waals surface area contributed by atoms with Crippen molar-refractivity contribution in [2.75, 3.05) is 18.4 Å². The van der Waals surface area contributed by atoms with E-state index in [1.54, 1.807) is 30.2 Å². The van der Waals surface area contributed by atoms with E-state index in [0.717, 1.165) is 11.3 Å². The lowest BCUT2D eigenvalue weighted by molar-refractivity contribution is -0.286. The van der Waals surface area contributed by atoms with Crippen molar-refractivity contribution in [1.29, 1.82) is 0 Å². The maximum absolute atomic E-state index is 13.3. The third-order valence-electron chi connectivity index (χ3n) is 5.72. The Balaban J connectivity index is 0.000000286. The monoisotopic (exact) mass is 529 g/mol. The van der Waals surface area contributed by atoms with Crippen LogP contribution in [0.2, 0.25) is 0 Å². The summed E-state index contributed by atoms with van der Waals surface area (Å²) in [6.45, 7) is 2.22. The van der Waals surface area contributed by atoms with Crippen LogP contribution in [0.3, 0.4) is 0 Å². The second-order valence-corrected chi connectivity index (χ2v) is 9.27. The van der Waals surface area contributed by atoms with E-state index in [-0.39, 0.29) is 54.0 Å². The van der Waals surface area contributed by atoms with E-state index in [0.29, 0.717) is 22.3 Å². The van der Waals surface area contributed by atoms with Crippen molar-refractivity contribution in [1.82, 2.24) is 14.9 Å². The molecular weight excluding hydrogens is 506 g/mol. The van der Waals surface area contributed by atoms with Gasteiger partial charge in [-0.2, -0.15) is 0 Å². The van der Waals surface area contributed by atoms with E-state index < -0.39 is 18.3 Å². The zero-order valence-electron chi connectivity index (χ0n) is 19.0. The number of hydrogen-bond acceptors (Lipinski definition) is 8. The fourth-order valence-electron chi connectivity index (χ4n) is 3.66. The Bertz CT molecular complexity index is 1260. The maximum atomic E-state index is 13.3. The van der Waals surface area contributed by atoms with Crippen molar-refractivity contribution in [2.24, 2.45) is 5.73 Å². The average molecular weight is 530 g/mol. The summed E-state index contributed by atoms with van der Waals surface area (Å²) in [5.41, 5.74) is 6.13. The second kappa shape index (κ2) is 10.0. The number of fused-ring (bicyclic) bond motifs is 2. The first-order valence-electron chi connectivity index (χ1n) is 11.0. The number of amides is 1. The lowest BCUT2D eigenvalue weighted by Gasteiger charge is -2.34. The minimum atomic E-state index is -3.70. The van der Waals surface area contributed by atoms with E-state index in [1.807, 2.05) is 0 Å². The number of H-pyrrole nitrogens is 1. The number of aromatic nitrogens is 2. The first-order valence-corrected chi connectivity index (χ1v) is 11.8. The Morgan fingerprint density at radius 3 is 2.53 bits per heavy atom. The number of carbonyl (C=O) groups excluding carboxylic acids is 1. The SMILES string of the molecule is CC(C(=O)Nc1nc2cc3c(cc2s1)OC(F)(F)O3)N1CCC(F)(F)CC1.NCc1ccc[nH]c1=O. The summed E-state index contributed by atoms with van der Waals surface area (Å²) < 4.78 is 62.0. The quantitative estimate of drug-likeness (QED) is 0.442. The molecule has 1 amide bonds. The molecule has 1 aromatic carbocycles. The fraction of sp³-hybridized carbons (Fsp3) is 0.409. The summed E-state index contributed by atoms with van der Waals surface area (Å²) in [6, 6.07) is 5.55. The normalized spacial score (nSPS) is 18.8. The lowest BCUT2D eigenvalue weighted by atomic mass is 10.1. The summed E-state index contributed by atoms with van der Waals surface area (Å²) in [7, 11) is 0. The highest BCUT2D eigenvalue weighted by Crippen LogP contribution is 2.44. The molecular formula is C22H23F4N5O4S. The Morgan fingerprint density at radius 1 is 1.25 bits per heavy atom. The van der Waals surface area contributed by atoms with Crippen LogP contribution in [-0.4, -0.2) is 52.1 Å². The number of ether oxygens (including phenoxy) is 2. The molecule has 2 aliphatic heterocycles. The summed E-state index contributed by atoms with van der Waals surface area (Å²) >= 11 is 1.09. The topological polar surface area (TPSA) is 123 Å². The molecule has 5 rings (SSSR count). The smallest absolute Gasteiger partial charge is 0.395 e. The Hall–Kier alpha value is -3.23. The second-order valence-electron chi connectivity index (χ2n) is 8.24. The van der Waals surface area contributed by atoms with Crippen molar-refractivity contribution >= 4 is 32.6 Å². The molecule has 0 aliphatic carbocycles. The highest BCUT2D eigenvalue weighted by Gasteiger charge is 2.44. The third kappa shape index (κ3) is 5.94. The summed E-state index contributed by atoms with van der Waals surface area (Å²) in [5.74, 6) is -3.28. The van der Waals surface area contributed by atoms with Crippen molar-refractivity contribution < 1.29 is 31.8 Å². The number of nitrogens with one attached hydrogen (secondary N) is 2. The minimum absolute atomic E-state index is 0.0972. The van der Waals surface area contributed by atoms with E-state index >= 15 is 0 Å². The number of halogens is 4. The molecule has 194 valence electrons. The molecule has 1 atom stereocenters. The highest BCUT2D eigenvalue weighted by atomic mass is 32.1. The maximum Gasteiger partial charge on any atom is 0.586 e. The van der Waals surface area contributed by atoms with Gasteiger partial charge in [-0.05, 0) is 13.0 Å². The van der Waals surface area contributed by atoms with Crippen LogP contribution in [0.4, 0.5) is 22.7 Å². The Labute approximate surface area is 206 Å². The number of piperidine rings is 1. The van der Waals surface area contributed by atoms with Crippen LogP contribution >= 0.6 is 11.3 Å². The van der Waals surface area contributed by atoms with Crippen LogP contribution in [-0.2, 0) is 11.3 Å².